The molecule has 0 saturated heterocycles. The lowest BCUT2D eigenvalue weighted by molar-refractivity contribution is 0.0943. The highest BCUT2D eigenvalue weighted by Crippen LogP contribution is 2.32. The summed E-state index contributed by atoms with van der Waals surface area (Å²) in [6, 6.07) is 13.3. The van der Waals surface area contributed by atoms with Crippen LogP contribution in [0.1, 0.15) is 24.2 Å². The molecule has 1 aromatic heterocycles. The first-order chi connectivity index (χ1) is 11.9. The Balaban J connectivity index is 1.90. The minimum absolute atomic E-state index is 0.0839. The molecule has 0 aliphatic rings. The van der Waals surface area contributed by atoms with Gasteiger partial charge < -0.3 is 16.4 Å². The highest BCUT2D eigenvalue weighted by Gasteiger charge is 2.10. The van der Waals surface area contributed by atoms with Crippen molar-refractivity contribution in [1.29, 1.82) is 0 Å². The highest BCUT2D eigenvalue weighted by molar-refractivity contribution is 9.10. The van der Waals surface area contributed by atoms with E-state index in [9.17, 15) is 4.79 Å². The van der Waals surface area contributed by atoms with Crippen LogP contribution < -0.4 is 16.4 Å². The van der Waals surface area contributed by atoms with Crippen molar-refractivity contribution in [2.24, 2.45) is 0 Å². The summed E-state index contributed by atoms with van der Waals surface area (Å²) in [4.78, 5) is 16.4. The van der Waals surface area contributed by atoms with E-state index in [1.807, 2.05) is 44.2 Å². The third-order valence-electron chi connectivity index (χ3n) is 3.70. The second-order valence-electron chi connectivity index (χ2n) is 6.08. The van der Waals surface area contributed by atoms with Gasteiger partial charge in [-0.25, -0.2) is 0 Å². The lowest BCUT2D eigenvalue weighted by atomic mass is 10.1. The normalized spacial score (nSPS) is 10.9. The van der Waals surface area contributed by atoms with Crippen LogP contribution in [0.15, 0.2) is 53.1 Å². The maximum Gasteiger partial charge on any atom is 0.251 e. The monoisotopic (exact) mass is 398 g/mol. The number of carbonyl (C=O) groups is 1. The van der Waals surface area contributed by atoms with Gasteiger partial charge in [0.15, 0.2) is 0 Å². The summed E-state index contributed by atoms with van der Waals surface area (Å²) in [5.74, 6) is -0.0839. The molecule has 3 aromatic rings. The zero-order valence-electron chi connectivity index (χ0n) is 14.0. The van der Waals surface area contributed by atoms with Gasteiger partial charge in [-0.2, -0.15) is 0 Å². The van der Waals surface area contributed by atoms with E-state index in [4.69, 9.17) is 5.73 Å². The Hall–Kier alpha value is -2.60. The summed E-state index contributed by atoms with van der Waals surface area (Å²) < 4.78 is 0.955. The molecule has 0 unspecified atom stereocenters. The molecule has 1 amide bonds. The lowest BCUT2D eigenvalue weighted by Gasteiger charge is -2.13. The van der Waals surface area contributed by atoms with E-state index >= 15 is 0 Å². The van der Waals surface area contributed by atoms with Gasteiger partial charge in [-0.05, 0) is 56.3 Å². The molecule has 1 heterocycles. The van der Waals surface area contributed by atoms with Crippen LogP contribution >= 0.6 is 15.9 Å². The van der Waals surface area contributed by atoms with Gasteiger partial charge in [-0.3, -0.25) is 9.78 Å². The number of fused-ring (bicyclic) bond motifs is 1. The number of pyridine rings is 1. The fourth-order valence-corrected chi connectivity index (χ4v) is 2.88. The summed E-state index contributed by atoms with van der Waals surface area (Å²) in [5, 5.41) is 7.13. The Kier molecular flexibility index (Phi) is 4.90. The number of rotatable bonds is 4. The van der Waals surface area contributed by atoms with Crippen molar-refractivity contribution in [1.82, 2.24) is 10.3 Å². The van der Waals surface area contributed by atoms with Crippen molar-refractivity contribution in [3.63, 3.8) is 0 Å². The van der Waals surface area contributed by atoms with E-state index in [2.05, 4.69) is 31.5 Å². The Morgan fingerprint density at radius 1 is 1.16 bits per heavy atom. The summed E-state index contributed by atoms with van der Waals surface area (Å²) in [7, 11) is 0. The van der Waals surface area contributed by atoms with Gasteiger partial charge in [0.1, 0.15) is 0 Å². The van der Waals surface area contributed by atoms with Crippen molar-refractivity contribution >= 4 is 49.8 Å². The van der Waals surface area contributed by atoms with E-state index in [1.165, 1.54) is 0 Å². The van der Waals surface area contributed by atoms with Crippen molar-refractivity contribution < 1.29 is 4.79 Å². The molecule has 0 atom stereocenters. The number of nitrogen functional groups attached to an aromatic ring is 1. The predicted octanol–water partition coefficient (Wildman–Crippen LogP) is 4.46. The first-order valence-electron chi connectivity index (χ1n) is 7.96. The van der Waals surface area contributed by atoms with E-state index in [0.29, 0.717) is 11.3 Å². The largest absolute Gasteiger partial charge is 0.396 e. The molecule has 0 radical (unpaired) electrons. The molecule has 0 fully saturated rings. The third kappa shape index (κ3) is 3.91. The van der Waals surface area contributed by atoms with Gasteiger partial charge in [-0.1, -0.05) is 15.9 Å². The Morgan fingerprint density at radius 2 is 1.88 bits per heavy atom. The van der Waals surface area contributed by atoms with Crippen LogP contribution in [0.5, 0.6) is 0 Å². The Morgan fingerprint density at radius 3 is 2.56 bits per heavy atom. The summed E-state index contributed by atoms with van der Waals surface area (Å²) in [6.07, 6.45) is 1.64. The van der Waals surface area contributed by atoms with Gasteiger partial charge in [-0.15, -0.1) is 0 Å². The molecule has 0 aliphatic heterocycles. The number of anilines is 3. The van der Waals surface area contributed by atoms with Crippen LogP contribution in [0.25, 0.3) is 10.9 Å². The second-order valence-corrected chi connectivity index (χ2v) is 7.00. The topological polar surface area (TPSA) is 80.0 Å². The lowest BCUT2D eigenvalue weighted by Crippen LogP contribution is -2.29. The van der Waals surface area contributed by atoms with Crippen LogP contribution in [-0.2, 0) is 0 Å². The molecular weight excluding hydrogens is 380 g/mol. The summed E-state index contributed by atoms with van der Waals surface area (Å²) in [6.45, 7) is 3.87. The average Bonchev–Trinajstić information content (AvgIpc) is 2.57. The van der Waals surface area contributed by atoms with Crippen LogP contribution in [0.3, 0.4) is 0 Å². The van der Waals surface area contributed by atoms with E-state index in [-0.39, 0.29) is 11.9 Å². The van der Waals surface area contributed by atoms with Crippen LogP contribution in [0.2, 0.25) is 0 Å². The molecule has 0 aliphatic carbocycles. The van der Waals surface area contributed by atoms with E-state index < -0.39 is 0 Å². The third-order valence-corrected chi connectivity index (χ3v) is 4.19. The number of nitrogens with zero attached hydrogens (tertiary/aromatic N) is 1. The van der Waals surface area contributed by atoms with Gasteiger partial charge >= 0.3 is 0 Å². The molecule has 0 bridgehead atoms. The standard InChI is InChI=1S/C19H19BrN4O/c1-11(2)23-19(25)12-3-6-14(7-4-12)24-18-15-9-13(20)5-8-17(15)22-10-16(18)21/h3-11H,21H2,1-2H3,(H,22,24)(H,23,25). The van der Waals surface area contributed by atoms with E-state index in [0.717, 1.165) is 26.8 Å². The molecule has 128 valence electrons. The number of hydrogen-bond acceptors (Lipinski definition) is 4. The molecule has 0 saturated carbocycles. The van der Waals surface area contributed by atoms with Crippen molar-refractivity contribution in [2.75, 3.05) is 11.1 Å². The van der Waals surface area contributed by atoms with Crippen LogP contribution in [0, 0.1) is 0 Å². The molecular formula is C19H19BrN4O. The molecule has 3 rings (SSSR count). The van der Waals surface area contributed by atoms with Crippen LogP contribution in [0.4, 0.5) is 17.1 Å². The first kappa shape index (κ1) is 17.2. The minimum atomic E-state index is -0.0839. The minimum Gasteiger partial charge on any atom is -0.396 e. The summed E-state index contributed by atoms with van der Waals surface area (Å²) in [5.41, 5.74) is 9.79. The maximum atomic E-state index is 12.0. The van der Waals surface area contributed by atoms with Crippen molar-refractivity contribution in [3.05, 3.63) is 58.7 Å². The molecule has 25 heavy (non-hydrogen) atoms. The number of carbonyl (C=O) groups excluding carboxylic acids is 1. The second kappa shape index (κ2) is 7.11. The molecule has 0 spiro atoms. The molecule has 5 nitrogen and oxygen atoms in total. The average molecular weight is 399 g/mol. The number of nitrogens with two attached hydrogens (primary N) is 1. The zero-order chi connectivity index (χ0) is 18.0. The number of benzene rings is 2. The summed E-state index contributed by atoms with van der Waals surface area (Å²) >= 11 is 3.48. The van der Waals surface area contributed by atoms with E-state index in [1.54, 1.807) is 18.3 Å². The smallest absolute Gasteiger partial charge is 0.251 e. The molecule has 2 aromatic carbocycles. The zero-order valence-corrected chi connectivity index (χ0v) is 15.6. The number of halogens is 1. The highest BCUT2D eigenvalue weighted by atomic mass is 79.9. The number of nitrogens with one attached hydrogen (secondary N) is 2. The maximum absolute atomic E-state index is 12.0. The van der Waals surface area contributed by atoms with Crippen molar-refractivity contribution in [2.45, 2.75) is 19.9 Å². The molecule has 6 heteroatoms. The number of hydrogen-bond donors (Lipinski definition) is 3. The predicted molar refractivity (Wildman–Crippen MR) is 106 cm³/mol. The van der Waals surface area contributed by atoms with Crippen LogP contribution in [-0.4, -0.2) is 16.9 Å². The SMILES string of the molecule is CC(C)NC(=O)c1ccc(Nc2c(N)cnc3ccc(Br)cc23)cc1. The fraction of sp³-hybridized carbons (Fsp3) is 0.158. The number of amides is 1. The van der Waals surface area contributed by atoms with Gasteiger partial charge in [0.2, 0.25) is 0 Å². The van der Waals surface area contributed by atoms with Gasteiger partial charge in [0.05, 0.1) is 23.1 Å². The Bertz CT molecular complexity index is 917. The first-order valence-corrected chi connectivity index (χ1v) is 8.75. The molecule has 4 N–H and O–H groups in total. The van der Waals surface area contributed by atoms with Crippen molar-refractivity contribution in [3.8, 4) is 0 Å². The van der Waals surface area contributed by atoms with Gasteiger partial charge in [0.25, 0.3) is 5.91 Å². The number of aromatic nitrogens is 1. The van der Waals surface area contributed by atoms with Gasteiger partial charge in [0, 0.05) is 27.2 Å². The quantitative estimate of drug-likeness (QED) is 0.605. The fourth-order valence-electron chi connectivity index (χ4n) is 2.51. The Labute approximate surface area is 154 Å².